The van der Waals surface area contributed by atoms with E-state index in [9.17, 15) is 54.9 Å². The highest BCUT2D eigenvalue weighted by Gasteiger charge is 2.71. The number of anilines is 2. The molecule has 276 valence electrons. The molecule has 1 aromatic carbocycles. The van der Waals surface area contributed by atoms with Crippen molar-refractivity contribution in [3.05, 3.63) is 39.9 Å². The van der Waals surface area contributed by atoms with Crippen LogP contribution in [0.25, 0.3) is 0 Å². The number of carbonyl (C=O) groups is 4. The molecule has 4 rings (SSSR count). The van der Waals surface area contributed by atoms with Crippen LogP contribution in [0, 0.1) is 11.8 Å². The van der Waals surface area contributed by atoms with Gasteiger partial charge in [0.05, 0.1) is 23.8 Å². The summed E-state index contributed by atoms with van der Waals surface area (Å²) in [5, 5.41) is 90.1. The zero-order valence-corrected chi connectivity index (χ0v) is 29.5. The Kier molecular flexibility index (Phi) is 9.98. The number of benzene rings is 1. The number of ether oxygens (including phenoxy) is 1. The fourth-order valence-electron chi connectivity index (χ4n) is 7.32. The van der Waals surface area contributed by atoms with Crippen molar-refractivity contribution in [2.24, 2.45) is 11.8 Å². The number of nitrogens with one attached hydrogen (secondary N) is 3. The number of likely N-dealkylation sites (N-methyl/N-ethyl adjacent to an activating group) is 1. The lowest BCUT2D eigenvalue weighted by Crippen LogP contribution is -2.72. The summed E-state index contributed by atoms with van der Waals surface area (Å²) >= 11 is 0. The van der Waals surface area contributed by atoms with Crippen LogP contribution in [0.2, 0.25) is 0 Å². The standard InChI is InChI=1S/C33H47N5O12/c1-14(39)35-29(44)24-26(42)25(38(8)9)18-11-16-10-17-20(37(6)7)12-19(36-21(41)13-34-30(3,4)5)27(50-15(2)40)23(17)32(46,47)22(16)28(43)31(18,45)33(24,48)49/h12,16,18,25,34,42-43,45-49H,10-11,13H2,1-9H3,(H,36,41)(H,35,39,44)/t16-,18-,25-,31-/m0/s1. The van der Waals surface area contributed by atoms with Crippen molar-refractivity contribution < 1.29 is 59.7 Å². The van der Waals surface area contributed by atoms with Crippen molar-refractivity contribution in [1.82, 2.24) is 15.5 Å². The highest BCUT2D eigenvalue weighted by atomic mass is 16.5. The molecule has 0 aliphatic heterocycles. The Labute approximate surface area is 288 Å². The van der Waals surface area contributed by atoms with Gasteiger partial charge in [-0.1, -0.05) is 0 Å². The lowest BCUT2D eigenvalue weighted by Gasteiger charge is -2.57. The molecule has 0 saturated carbocycles. The molecule has 4 atom stereocenters. The molecule has 50 heavy (non-hydrogen) atoms. The van der Waals surface area contributed by atoms with Crippen LogP contribution in [0.4, 0.5) is 11.4 Å². The lowest BCUT2D eigenvalue weighted by atomic mass is 9.56. The van der Waals surface area contributed by atoms with E-state index in [1.807, 2.05) is 26.1 Å². The molecule has 0 radical (unpaired) electrons. The number of amides is 3. The summed E-state index contributed by atoms with van der Waals surface area (Å²) in [7, 11) is 6.22. The molecule has 0 fully saturated rings. The van der Waals surface area contributed by atoms with E-state index in [0.717, 1.165) is 13.8 Å². The maximum atomic E-state index is 13.1. The van der Waals surface area contributed by atoms with E-state index in [0.29, 0.717) is 5.69 Å². The number of fused-ring (bicyclic) bond motifs is 3. The third-order valence-corrected chi connectivity index (χ3v) is 9.29. The Morgan fingerprint density at radius 1 is 1.00 bits per heavy atom. The van der Waals surface area contributed by atoms with E-state index in [1.54, 1.807) is 19.0 Å². The number of hydrogen-bond donors (Lipinski definition) is 10. The van der Waals surface area contributed by atoms with Gasteiger partial charge in [-0.2, -0.15) is 0 Å². The van der Waals surface area contributed by atoms with Crippen LogP contribution >= 0.6 is 0 Å². The molecule has 0 heterocycles. The summed E-state index contributed by atoms with van der Waals surface area (Å²) in [6.45, 7) is 7.35. The van der Waals surface area contributed by atoms with Gasteiger partial charge in [0.1, 0.15) is 17.1 Å². The Hall–Kier alpha value is -4.10. The van der Waals surface area contributed by atoms with Crippen molar-refractivity contribution in [3.8, 4) is 5.75 Å². The minimum Gasteiger partial charge on any atom is -0.510 e. The molecule has 3 amide bonds. The van der Waals surface area contributed by atoms with Gasteiger partial charge in [-0.25, -0.2) is 0 Å². The maximum absolute atomic E-state index is 13.1. The second-order valence-corrected chi connectivity index (χ2v) is 14.6. The van der Waals surface area contributed by atoms with Crippen molar-refractivity contribution in [2.75, 3.05) is 45.0 Å². The summed E-state index contributed by atoms with van der Waals surface area (Å²) in [6, 6.07) is 0.126. The lowest BCUT2D eigenvalue weighted by molar-refractivity contribution is -0.286. The highest BCUT2D eigenvalue weighted by molar-refractivity contribution is 6.05. The predicted octanol–water partition coefficient (Wildman–Crippen LogP) is -1.02. The second-order valence-electron chi connectivity index (χ2n) is 14.6. The first kappa shape index (κ1) is 38.7. The Bertz CT molecular complexity index is 1690. The quantitative estimate of drug-likeness (QED) is 0.0925. The summed E-state index contributed by atoms with van der Waals surface area (Å²) in [5.74, 6) is -16.3. The summed E-state index contributed by atoms with van der Waals surface area (Å²) in [5.41, 5.74) is -5.72. The van der Waals surface area contributed by atoms with Crippen LogP contribution in [-0.2, 0) is 31.4 Å². The van der Waals surface area contributed by atoms with Crippen LogP contribution in [0.3, 0.4) is 0 Å². The van der Waals surface area contributed by atoms with Gasteiger partial charge in [0.25, 0.3) is 5.91 Å². The van der Waals surface area contributed by atoms with Gasteiger partial charge in [0.2, 0.25) is 23.4 Å². The first-order chi connectivity index (χ1) is 22.8. The van der Waals surface area contributed by atoms with Gasteiger partial charge in [0.15, 0.2) is 11.4 Å². The molecule has 0 saturated heterocycles. The molecular weight excluding hydrogens is 658 g/mol. The highest BCUT2D eigenvalue weighted by Crippen LogP contribution is 2.60. The van der Waals surface area contributed by atoms with E-state index in [4.69, 9.17) is 4.74 Å². The normalized spacial score (nSPS) is 25.3. The van der Waals surface area contributed by atoms with E-state index in [1.165, 1.54) is 25.1 Å². The van der Waals surface area contributed by atoms with Crippen molar-refractivity contribution >= 4 is 35.1 Å². The zero-order chi connectivity index (χ0) is 38.0. The largest absolute Gasteiger partial charge is 0.510 e. The molecule has 10 N–H and O–H groups in total. The molecule has 0 unspecified atom stereocenters. The monoisotopic (exact) mass is 705 g/mol. The van der Waals surface area contributed by atoms with Gasteiger partial charge in [-0.05, 0) is 65.3 Å². The molecule has 0 aromatic heterocycles. The van der Waals surface area contributed by atoms with E-state index >= 15 is 0 Å². The van der Waals surface area contributed by atoms with Crippen molar-refractivity contribution in [2.45, 2.75) is 76.2 Å². The molecule has 3 aliphatic rings. The third-order valence-electron chi connectivity index (χ3n) is 9.29. The van der Waals surface area contributed by atoms with Crippen LogP contribution in [0.5, 0.6) is 5.75 Å². The number of nitrogens with zero attached hydrogens (tertiary/aromatic N) is 2. The van der Waals surface area contributed by atoms with Crippen LogP contribution in [0.1, 0.15) is 52.2 Å². The van der Waals surface area contributed by atoms with E-state index < -0.39 is 98.3 Å². The number of carbonyl (C=O) groups excluding carboxylic acids is 4. The van der Waals surface area contributed by atoms with E-state index in [2.05, 4.69) is 10.6 Å². The Balaban J connectivity index is 2.03. The first-order valence-corrected chi connectivity index (χ1v) is 15.9. The molecule has 3 aliphatic carbocycles. The summed E-state index contributed by atoms with van der Waals surface area (Å²) < 4.78 is 5.49. The maximum Gasteiger partial charge on any atom is 0.308 e. The van der Waals surface area contributed by atoms with Gasteiger partial charge >= 0.3 is 5.97 Å². The smallest absolute Gasteiger partial charge is 0.308 e. The van der Waals surface area contributed by atoms with Crippen molar-refractivity contribution in [3.63, 3.8) is 0 Å². The fourth-order valence-corrected chi connectivity index (χ4v) is 7.32. The number of aliphatic hydroxyl groups is 7. The Morgan fingerprint density at radius 3 is 2.10 bits per heavy atom. The van der Waals surface area contributed by atoms with Crippen LogP contribution in [-0.4, -0.2) is 122 Å². The minimum absolute atomic E-state index is 0.0993. The molecule has 0 bridgehead atoms. The minimum atomic E-state index is -3.80. The SMILES string of the molecule is CC(=O)NC(=O)C1=C(O)[C@@H](N(C)C)[C@@H]2C[C@@H]3Cc4c(N(C)C)cc(NC(=O)CNC(C)(C)C)c(OC(C)=O)c4C(O)(O)C3=C(O)[C@]2(O)C1(O)O. The number of rotatable bonds is 7. The summed E-state index contributed by atoms with van der Waals surface area (Å²) in [6.07, 6.45) is -0.416. The van der Waals surface area contributed by atoms with Gasteiger partial charge in [-0.15, -0.1) is 0 Å². The van der Waals surface area contributed by atoms with Gasteiger partial charge < -0.3 is 56.0 Å². The molecule has 0 spiro atoms. The molecule has 1 aromatic rings. The molecular formula is C33H47N5O12. The topological polar surface area (TPSA) is 262 Å². The second kappa shape index (κ2) is 12.9. The van der Waals surface area contributed by atoms with Gasteiger partial charge in [-0.3, -0.25) is 29.4 Å². The molecule has 17 heteroatoms. The number of imide groups is 1. The fraction of sp³-hybridized carbons (Fsp3) is 0.576. The number of aliphatic hydroxyl groups excluding tert-OH is 2. The van der Waals surface area contributed by atoms with Crippen molar-refractivity contribution in [1.29, 1.82) is 0 Å². The first-order valence-electron chi connectivity index (χ1n) is 15.9. The van der Waals surface area contributed by atoms with E-state index in [-0.39, 0.29) is 30.6 Å². The number of hydrogen-bond acceptors (Lipinski definition) is 15. The van der Waals surface area contributed by atoms with Crippen LogP contribution < -0.4 is 25.6 Å². The zero-order valence-electron chi connectivity index (χ0n) is 29.5. The average Bonchev–Trinajstić information content (AvgIpc) is 2.93. The Morgan fingerprint density at radius 2 is 1.60 bits per heavy atom. The third kappa shape index (κ3) is 6.34. The average molecular weight is 706 g/mol. The molecule has 17 nitrogen and oxygen atoms in total. The summed E-state index contributed by atoms with van der Waals surface area (Å²) in [4.78, 5) is 53.3. The van der Waals surface area contributed by atoms with Gasteiger partial charge in [0, 0.05) is 50.7 Å². The number of esters is 1. The van der Waals surface area contributed by atoms with Crippen LogP contribution in [0.15, 0.2) is 28.7 Å². The predicted molar refractivity (Wildman–Crippen MR) is 178 cm³/mol.